The first-order chi connectivity index (χ1) is 12.6. The average molecular weight is 391 g/mol. The minimum Gasteiger partial charge on any atom is -0.482 e. The lowest BCUT2D eigenvalue weighted by molar-refractivity contribution is -0.123. The zero-order valence-electron chi connectivity index (χ0n) is 15.3. The Morgan fingerprint density at radius 1 is 1.26 bits per heavy atom. The summed E-state index contributed by atoms with van der Waals surface area (Å²) in [6.07, 6.45) is 0. The van der Waals surface area contributed by atoms with Gasteiger partial charge in [0.2, 0.25) is 5.91 Å². The molecule has 3 rings (SSSR count). The van der Waals surface area contributed by atoms with Crippen LogP contribution in [-0.2, 0) is 15.0 Å². The summed E-state index contributed by atoms with van der Waals surface area (Å²) in [6.45, 7) is 5.84. The van der Waals surface area contributed by atoms with Gasteiger partial charge in [0.25, 0.3) is 5.91 Å². The van der Waals surface area contributed by atoms with E-state index < -0.39 is 11.7 Å². The number of halogens is 2. The predicted octanol–water partition coefficient (Wildman–Crippen LogP) is 4.14. The van der Waals surface area contributed by atoms with E-state index in [1.54, 1.807) is 6.07 Å². The van der Waals surface area contributed by atoms with E-state index in [2.05, 4.69) is 26.1 Å². The van der Waals surface area contributed by atoms with Gasteiger partial charge in [0.15, 0.2) is 6.61 Å². The molecule has 2 amide bonds. The lowest BCUT2D eigenvalue weighted by atomic mass is 9.86. The Morgan fingerprint density at radius 2 is 2.00 bits per heavy atom. The summed E-state index contributed by atoms with van der Waals surface area (Å²) in [5.41, 5.74) is 1.51. The molecule has 0 spiro atoms. The molecular weight excluding hydrogens is 371 g/mol. The van der Waals surface area contributed by atoms with Crippen LogP contribution in [0.25, 0.3) is 0 Å². The van der Waals surface area contributed by atoms with Crippen LogP contribution in [0.1, 0.15) is 26.3 Å². The van der Waals surface area contributed by atoms with Crippen LogP contribution < -0.4 is 15.0 Å². The first-order valence-corrected chi connectivity index (χ1v) is 8.85. The molecule has 0 saturated heterocycles. The molecule has 7 heteroatoms. The largest absolute Gasteiger partial charge is 0.482 e. The Balaban J connectivity index is 1.80. The van der Waals surface area contributed by atoms with Crippen LogP contribution in [0.5, 0.6) is 5.75 Å². The molecular formula is C20H20ClFN2O3. The van der Waals surface area contributed by atoms with Gasteiger partial charge in [-0.15, -0.1) is 0 Å². The molecule has 27 heavy (non-hydrogen) atoms. The van der Waals surface area contributed by atoms with Crippen molar-refractivity contribution in [3.63, 3.8) is 0 Å². The number of amides is 2. The van der Waals surface area contributed by atoms with Gasteiger partial charge in [-0.25, -0.2) is 4.39 Å². The van der Waals surface area contributed by atoms with Gasteiger partial charge >= 0.3 is 0 Å². The molecule has 1 aliphatic rings. The summed E-state index contributed by atoms with van der Waals surface area (Å²) in [7, 11) is 0. The summed E-state index contributed by atoms with van der Waals surface area (Å²) in [4.78, 5) is 26.0. The number of benzene rings is 2. The number of ether oxygens (including phenoxy) is 1. The molecule has 0 atom stereocenters. The molecule has 1 aliphatic heterocycles. The van der Waals surface area contributed by atoms with Crippen LogP contribution >= 0.6 is 11.6 Å². The van der Waals surface area contributed by atoms with Crippen molar-refractivity contribution in [2.24, 2.45) is 0 Å². The first-order valence-electron chi connectivity index (χ1n) is 8.48. The quantitative estimate of drug-likeness (QED) is 0.856. The average Bonchev–Trinajstić information content (AvgIpc) is 2.59. The number of nitrogens with zero attached hydrogens (tertiary/aromatic N) is 1. The maximum atomic E-state index is 13.9. The number of carbonyl (C=O) groups is 2. The van der Waals surface area contributed by atoms with Gasteiger partial charge in [-0.2, -0.15) is 0 Å². The van der Waals surface area contributed by atoms with Gasteiger partial charge in [-0.1, -0.05) is 38.4 Å². The van der Waals surface area contributed by atoms with Crippen molar-refractivity contribution >= 4 is 34.8 Å². The highest BCUT2D eigenvalue weighted by molar-refractivity contribution is 6.30. The summed E-state index contributed by atoms with van der Waals surface area (Å²) in [5.74, 6) is -0.943. The second-order valence-electron chi connectivity index (χ2n) is 7.37. The number of hydrogen-bond acceptors (Lipinski definition) is 3. The van der Waals surface area contributed by atoms with Gasteiger partial charge in [0.05, 0.1) is 11.4 Å². The van der Waals surface area contributed by atoms with Crippen LogP contribution in [0.3, 0.4) is 0 Å². The molecule has 0 unspecified atom stereocenters. The molecule has 0 bridgehead atoms. The highest BCUT2D eigenvalue weighted by Crippen LogP contribution is 2.36. The Labute approximate surface area is 162 Å². The number of fused-ring (bicyclic) bond motifs is 1. The minimum atomic E-state index is -0.639. The first kappa shape index (κ1) is 19.2. The fraction of sp³-hybridized carbons (Fsp3) is 0.300. The molecule has 0 aliphatic carbocycles. The van der Waals surface area contributed by atoms with Crippen LogP contribution in [0.4, 0.5) is 15.8 Å². The summed E-state index contributed by atoms with van der Waals surface area (Å²) in [6, 6.07) is 9.52. The van der Waals surface area contributed by atoms with Gasteiger partial charge in [0, 0.05) is 5.02 Å². The third-order valence-electron chi connectivity index (χ3n) is 4.28. The number of nitrogens with one attached hydrogen (secondary N) is 1. The molecule has 0 radical (unpaired) electrons. The van der Waals surface area contributed by atoms with E-state index in [-0.39, 0.29) is 35.2 Å². The molecule has 0 fully saturated rings. The fourth-order valence-corrected chi connectivity index (χ4v) is 2.93. The van der Waals surface area contributed by atoms with E-state index in [1.807, 2.05) is 12.1 Å². The van der Waals surface area contributed by atoms with Crippen LogP contribution in [0, 0.1) is 5.82 Å². The van der Waals surface area contributed by atoms with Gasteiger partial charge in [-0.3, -0.25) is 14.5 Å². The third kappa shape index (κ3) is 4.22. The predicted molar refractivity (Wildman–Crippen MR) is 103 cm³/mol. The molecule has 1 N–H and O–H groups in total. The van der Waals surface area contributed by atoms with Crippen molar-refractivity contribution in [1.29, 1.82) is 0 Å². The van der Waals surface area contributed by atoms with E-state index in [4.69, 9.17) is 16.3 Å². The van der Waals surface area contributed by atoms with Gasteiger partial charge in [-0.05, 0) is 41.3 Å². The third-order valence-corrected chi connectivity index (χ3v) is 4.51. The standard InChI is InChI=1S/C20H20ClFN2O3/c1-20(2,3)12-4-7-16-17(8-12)27-11-19(26)24(16)10-18(25)23-15-6-5-13(21)9-14(15)22/h4-9H,10-11H2,1-3H3,(H,23,25). The zero-order chi connectivity index (χ0) is 19.8. The minimum absolute atomic E-state index is 0.00779. The van der Waals surface area contributed by atoms with Crippen LogP contribution in [0.2, 0.25) is 5.02 Å². The topological polar surface area (TPSA) is 58.6 Å². The Kier molecular flexibility index (Phi) is 5.11. The second-order valence-corrected chi connectivity index (χ2v) is 7.81. The van der Waals surface area contributed by atoms with Crippen LogP contribution in [-0.4, -0.2) is 25.0 Å². The summed E-state index contributed by atoms with van der Waals surface area (Å²) >= 11 is 5.71. The second kappa shape index (κ2) is 7.19. The van der Waals surface area contributed by atoms with Crippen LogP contribution in [0.15, 0.2) is 36.4 Å². The van der Waals surface area contributed by atoms with Crippen molar-refractivity contribution < 1.29 is 18.7 Å². The highest BCUT2D eigenvalue weighted by Gasteiger charge is 2.29. The van der Waals surface area contributed by atoms with Crippen molar-refractivity contribution in [1.82, 2.24) is 0 Å². The highest BCUT2D eigenvalue weighted by atomic mass is 35.5. The molecule has 5 nitrogen and oxygen atoms in total. The lowest BCUT2D eigenvalue weighted by Gasteiger charge is -2.30. The molecule has 1 heterocycles. The van der Waals surface area contributed by atoms with Crippen molar-refractivity contribution in [2.75, 3.05) is 23.4 Å². The maximum Gasteiger partial charge on any atom is 0.265 e. The van der Waals surface area contributed by atoms with E-state index >= 15 is 0 Å². The zero-order valence-corrected chi connectivity index (χ0v) is 16.1. The van der Waals surface area contributed by atoms with Crippen molar-refractivity contribution in [3.05, 3.63) is 52.8 Å². The molecule has 0 aromatic heterocycles. The van der Waals surface area contributed by atoms with Gasteiger partial charge in [0.1, 0.15) is 18.1 Å². The lowest BCUT2D eigenvalue weighted by Crippen LogP contribution is -2.43. The smallest absolute Gasteiger partial charge is 0.265 e. The number of anilines is 2. The number of hydrogen-bond donors (Lipinski definition) is 1. The maximum absolute atomic E-state index is 13.9. The monoisotopic (exact) mass is 390 g/mol. The van der Waals surface area contributed by atoms with Crippen molar-refractivity contribution in [3.8, 4) is 5.75 Å². The van der Waals surface area contributed by atoms with Crippen molar-refractivity contribution in [2.45, 2.75) is 26.2 Å². The number of carbonyl (C=O) groups excluding carboxylic acids is 2. The molecule has 142 valence electrons. The summed E-state index contributed by atoms with van der Waals surface area (Å²) in [5, 5.41) is 2.70. The van der Waals surface area contributed by atoms with E-state index in [0.717, 1.165) is 11.6 Å². The molecule has 2 aromatic rings. The SMILES string of the molecule is CC(C)(C)c1ccc2c(c1)OCC(=O)N2CC(=O)Nc1ccc(Cl)cc1F. The molecule has 0 saturated carbocycles. The Morgan fingerprint density at radius 3 is 2.67 bits per heavy atom. The normalized spacial score (nSPS) is 13.8. The summed E-state index contributed by atoms with van der Waals surface area (Å²) < 4.78 is 19.4. The Bertz CT molecular complexity index is 909. The van der Waals surface area contributed by atoms with E-state index in [0.29, 0.717) is 11.4 Å². The van der Waals surface area contributed by atoms with E-state index in [9.17, 15) is 14.0 Å². The number of rotatable bonds is 3. The fourth-order valence-electron chi connectivity index (χ4n) is 2.77. The van der Waals surface area contributed by atoms with E-state index in [1.165, 1.54) is 17.0 Å². The molecule has 2 aromatic carbocycles. The van der Waals surface area contributed by atoms with Gasteiger partial charge < -0.3 is 10.1 Å². The Hall–Kier alpha value is -2.60.